The van der Waals surface area contributed by atoms with Crippen LogP contribution < -0.4 is 11.5 Å². The summed E-state index contributed by atoms with van der Waals surface area (Å²) in [5.74, 6) is 0.683. The van der Waals surface area contributed by atoms with Gasteiger partial charge in [0.2, 0.25) is 11.8 Å². The Morgan fingerprint density at radius 2 is 1.83 bits per heavy atom. The summed E-state index contributed by atoms with van der Waals surface area (Å²) < 4.78 is 0. The summed E-state index contributed by atoms with van der Waals surface area (Å²) in [5.41, 5.74) is 10.7. The van der Waals surface area contributed by atoms with Crippen LogP contribution in [0.15, 0.2) is 0 Å². The van der Waals surface area contributed by atoms with Gasteiger partial charge in [0.05, 0.1) is 0 Å². The first-order chi connectivity index (χ1) is 8.32. The highest BCUT2D eigenvalue weighted by Gasteiger charge is 2.37. The van der Waals surface area contributed by atoms with Crippen LogP contribution in [-0.4, -0.2) is 11.8 Å². The topological polar surface area (TPSA) is 86.2 Å². The number of primary amides is 2. The van der Waals surface area contributed by atoms with E-state index in [1.807, 2.05) is 0 Å². The first-order valence-electron chi connectivity index (χ1n) is 6.90. The largest absolute Gasteiger partial charge is 0.370 e. The highest BCUT2D eigenvalue weighted by molar-refractivity contribution is 5.84. The summed E-state index contributed by atoms with van der Waals surface area (Å²) >= 11 is 0. The molecule has 4 atom stereocenters. The Labute approximate surface area is 109 Å². The van der Waals surface area contributed by atoms with Crippen molar-refractivity contribution in [2.45, 2.75) is 46.5 Å². The maximum absolute atomic E-state index is 11.6. The van der Waals surface area contributed by atoms with E-state index in [9.17, 15) is 9.59 Å². The molecule has 0 aromatic carbocycles. The molecule has 0 saturated heterocycles. The molecule has 0 aromatic rings. The molecule has 0 spiro atoms. The lowest BCUT2D eigenvalue weighted by molar-refractivity contribution is -0.130. The smallest absolute Gasteiger partial charge is 0.221 e. The zero-order valence-corrected chi connectivity index (χ0v) is 11.7. The third-order valence-electron chi connectivity index (χ3n) is 4.54. The highest BCUT2D eigenvalue weighted by atomic mass is 16.2. The van der Waals surface area contributed by atoms with Crippen molar-refractivity contribution in [2.24, 2.45) is 41.1 Å². The summed E-state index contributed by atoms with van der Waals surface area (Å²) in [6.45, 7) is 6.58. The first-order valence-corrected chi connectivity index (χ1v) is 6.90. The van der Waals surface area contributed by atoms with Crippen LogP contribution in [-0.2, 0) is 9.59 Å². The minimum atomic E-state index is -0.433. The molecule has 1 saturated carbocycles. The molecule has 104 valence electrons. The van der Waals surface area contributed by atoms with E-state index in [-0.39, 0.29) is 24.2 Å². The Morgan fingerprint density at radius 3 is 2.28 bits per heavy atom. The number of rotatable bonds is 5. The molecule has 2 amide bonds. The van der Waals surface area contributed by atoms with Crippen LogP contribution >= 0.6 is 0 Å². The van der Waals surface area contributed by atoms with Gasteiger partial charge < -0.3 is 11.5 Å². The molecule has 4 heteroatoms. The molecule has 1 aliphatic carbocycles. The van der Waals surface area contributed by atoms with Gasteiger partial charge in [-0.05, 0) is 36.5 Å². The van der Waals surface area contributed by atoms with Crippen molar-refractivity contribution < 1.29 is 9.59 Å². The van der Waals surface area contributed by atoms with Gasteiger partial charge >= 0.3 is 0 Å². The van der Waals surface area contributed by atoms with E-state index < -0.39 is 5.91 Å². The Balaban J connectivity index is 2.80. The lowest BCUT2D eigenvalue weighted by atomic mass is 9.66. The molecule has 4 unspecified atom stereocenters. The molecule has 18 heavy (non-hydrogen) atoms. The third-order valence-corrected chi connectivity index (χ3v) is 4.54. The van der Waals surface area contributed by atoms with Gasteiger partial charge in [-0.2, -0.15) is 0 Å². The molecule has 1 rings (SSSR count). The van der Waals surface area contributed by atoms with Gasteiger partial charge in [0, 0.05) is 12.3 Å². The highest BCUT2D eigenvalue weighted by Crippen LogP contribution is 2.41. The predicted molar refractivity (Wildman–Crippen MR) is 71.3 cm³/mol. The van der Waals surface area contributed by atoms with Crippen LogP contribution in [0.3, 0.4) is 0 Å². The van der Waals surface area contributed by atoms with Crippen molar-refractivity contribution in [3.8, 4) is 0 Å². The molecule has 0 radical (unpaired) electrons. The Kier molecular flexibility index (Phi) is 5.17. The fourth-order valence-electron chi connectivity index (χ4n) is 3.24. The number of amides is 2. The Morgan fingerprint density at radius 1 is 1.22 bits per heavy atom. The van der Waals surface area contributed by atoms with Crippen LogP contribution in [0.5, 0.6) is 0 Å². The molecule has 0 heterocycles. The second-order valence-corrected chi connectivity index (χ2v) is 6.14. The maximum atomic E-state index is 11.6. The van der Waals surface area contributed by atoms with Crippen molar-refractivity contribution in [1.29, 1.82) is 0 Å². The van der Waals surface area contributed by atoms with Crippen molar-refractivity contribution in [3.63, 3.8) is 0 Å². The molecular formula is C14H26N2O2. The van der Waals surface area contributed by atoms with Crippen LogP contribution in [0.25, 0.3) is 0 Å². The van der Waals surface area contributed by atoms with E-state index in [0.717, 1.165) is 12.8 Å². The monoisotopic (exact) mass is 254 g/mol. The standard InChI is InChI=1S/C14H26N2O2/c1-8(2)10-5-4-9(3)11(6-10)12(14(16)18)7-13(15)17/h8-12H,4-7H2,1-3H3,(H2,15,17)(H2,16,18). The molecular weight excluding hydrogens is 228 g/mol. The van der Waals surface area contributed by atoms with Gasteiger partial charge in [-0.1, -0.05) is 27.2 Å². The van der Waals surface area contributed by atoms with Crippen LogP contribution in [0.2, 0.25) is 0 Å². The van der Waals surface area contributed by atoms with Crippen LogP contribution in [0.1, 0.15) is 46.5 Å². The lowest BCUT2D eigenvalue weighted by Gasteiger charge is -2.39. The minimum absolute atomic E-state index is 0.0924. The molecule has 0 aliphatic heterocycles. The normalized spacial score (nSPS) is 30.1. The Bertz CT molecular complexity index is 315. The molecule has 1 aliphatic rings. The van der Waals surface area contributed by atoms with Gasteiger partial charge in [0.25, 0.3) is 0 Å². The summed E-state index contributed by atoms with van der Waals surface area (Å²) in [7, 11) is 0. The summed E-state index contributed by atoms with van der Waals surface area (Å²) in [4.78, 5) is 22.7. The van der Waals surface area contributed by atoms with E-state index in [1.54, 1.807) is 0 Å². The fraction of sp³-hybridized carbons (Fsp3) is 0.857. The average molecular weight is 254 g/mol. The number of carbonyl (C=O) groups is 2. The van der Waals surface area contributed by atoms with Gasteiger partial charge in [-0.3, -0.25) is 9.59 Å². The summed E-state index contributed by atoms with van der Waals surface area (Å²) in [6, 6.07) is 0. The van der Waals surface area contributed by atoms with Gasteiger partial charge in [0.15, 0.2) is 0 Å². The zero-order chi connectivity index (χ0) is 13.9. The van der Waals surface area contributed by atoms with E-state index in [1.165, 1.54) is 6.42 Å². The Hall–Kier alpha value is -1.06. The van der Waals surface area contributed by atoms with Crippen LogP contribution in [0.4, 0.5) is 0 Å². The van der Waals surface area contributed by atoms with Crippen molar-refractivity contribution in [2.75, 3.05) is 0 Å². The molecule has 1 fully saturated rings. The third kappa shape index (κ3) is 3.72. The molecule has 4 N–H and O–H groups in total. The average Bonchev–Trinajstić information content (AvgIpc) is 2.26. The second-order valence-electron chi connectivity index (χ2n) is 6.14. The molecule has 0 aromatic heterocycles. The van der Waals surface area contributed by atoms with E-state index in [0.29, 0.717) is 17.8 Å². The van der Waals surface area contributed by atoms with Crippen molar-refractivity contribution in [1.82, 2.24) is 0 Å². The van der Waals surface area contributed by atoms with Gasteiger partial charge in [-0.15, -0.1) is 0 Å². The minimum Gasteiger partial charge on any atom is -0.370 e. The zero-order valence-electron chi connectivity index (χ0n) is 11.7. The fourth-order valence-corrected chi connectivity index (χ4v) is 3.24. The van der Waals surface area contributed by atoms with Crippen LogP contribution in [0, 0.1) is 29.6 Å². The molecule has 0 bridgehead atoms. The number of carbonyl (C=O) groups excluding carboxylic acids is 2. The van der Waals surface area contributed by atoms with E-state index >= 15 is 0 Å². The number of hydrogen-bond donors (Lipinski definition) is 2. The first kappa shape index (κ1) is 15.0. The van der Waals surface area contributed by atoms with Crippen molar-refractivity contribution >= 4 is 11.8 Å². The number of hydrogen-bond acceptors (Lipinski definition) is 2. The van der Waals surface area contributed by atoms with Gasteiger partial charge in [-0.25, -0.2) is 0 Å². The number of nitrogens with two attached hydrogens (primary N) is 2. The van der Waals surface area contributed by atoms with Gasteiger partial charge in [0.1, 0.15) is 0 Å². The molecule has 4 nitrogen and oxygen atoms in total. The SMILES string of the molecule is CC(C)C1CCC(C)C(C(CC(N)=O)C(N)=O)C1. The van der Waals surface area contributed by atoms with Crippen molar-refractivity contribution in [3.05, 3.63) is 0 Å². The van der Waals surface area contributed by atoms with E-state index in [4.69, 9.17) is 11.5 Å². The summed E-state index contributed by atoms with van der Waals surface area (Å²) in [6.07, 6.45) is 3.39. The maximum Gasteiger partial charge on any atom is 0.221 e. The lowest BCUT2D eigenvalue weighted by Crippen LogP contribution is -2.39. The second kappa shape index (κ2) is 6.21. The van der Waals surface area contributed by atoms with E-state index in [2.05, 4.69) is 20.8 Å². The quantitative estimate of drug-likeness (QED) is 0.782. The predicted octanol–water partition coefficient (Wildman–Crippen LogP) is 1.67. The summed E-state index contributed by atoms with van der Waals surface area (Å²) in [5, 5.41) is 0.